The van der Waals surface area contributed by atoms with Crippen LogP contribution in [0.15, 0.2) is 0 Å². The third-order valence-electron chi connectivity index (χ3n) is 2.64. The Morgan fingerprint density at radius 2 is 2.36 bits per heavy atom. The van der Waals surface area contributed by atoms with Crippen LogP contribution in [0.1, 0.15) is 26.2 Å². The summed E-state index contributed by atoms with van der Waals surface area (Å²) < 4.78 is 0. The lowest BCUT2D eigenvalue weighted by molar-refractivity contribution is -0.120. The van der Waals surface area contributed by atoms with Crippen molar-refractivity contribution in [2.24, 2.45) is 0 Å². The molecule has 0 aliphatic carbocycles. The van der Waals surface area contributed by atoms with E-state index in [1.165, 1.54) is 18.6 Å². The Morgan fingerprint density at radius 1 is 1.57 bits per heavy atom. The number of amides is 1. The predicted molar refractivity (Wildman–Crippen MR) is 61.6 cm³/mol. The van der Waals surface area contributed by atoms with Gasteiger partial charge in [0.15, 0.2) is 0 Å². The van der Waals surface area contributed by atoms with Gasteiger partial charge < -0.3 is 10.6 Å². The van der Waals surface area contributed by atoms with Gasteiger partial charge in [-0.25, -0.2) is 0 Å². The standard InChI is InChI=1S/C10H20N2OS/c1-8-9(4-3-7-14-8)12-6-5-10(13)11-2/h8-9,12H,3-7H2,1-2H3,(H,11,13). The first kappa shape index (κ1) is 11.9. The molecule has 1 heterocycles. The average molecular weight is 216 g/mol. The fourth-order valence-electron chi connectivity index (χ4n) is 1.69. The van der Waals surface area contributed by atoms with Crippen molar-refractivity contribution in [1.29, 1.82) is 0 Å². The molecular formula is C10H20N2OS. The molecule has 0 aromatic carbocycles. The molecule has 14 heavy (non-hydrogen) atoms. The summed E-state index contributed by atoms with van der Waals surface area (Å²) in [5.74, 6) is 1.41. The van der Waals surface area contributed by atoms with Gasteiger partial charge in [-0.1, -0.05) is 6.92 Å². The zero-order valence-electron chi connectivity index (χ0n) is 9.01. The molecule has 0 aromatic heterocycles. The third kappa shape index (κ3) is 3.88. The van der Waals surface area contributed by atoms with Crippen LogP contribution in [0.5, 0.6) is 0 Å². The number of rotatable bonds is 4. The molecule has 4 heteroatoms. The van der Waals surface area contributed by atoms with Gasteiger partial charge in [-0.15, -0.1) is 0 Å². The molecule has 1 saturated heterocycles. The van der Waals surface area contributed by atoms with E-state index in [2.05, 4.69) is 17.6 Å². The topological polar surface area (TPSA) is 41.1 Å². The zero-order valence-corrected chi connectivity index (χ0v) is 9.82. The molecular weight excluding hydrogens is 196 g/mol. The van der Waals surface area contributed by atoms with Crippen LogP contribution in [0.3, 0.4) is 0 Å². The highest BCUT2D eigenvalue weighted by Crippen LogP contribution is 2.24. The van der Waals surface area contributed by atoms with Crippen molar-refractivity contribution in [1.82, 2.24) is 10.6 Å². The number of carbonyl (C=O) groups excluding carboxylic acids is 1. The van der Waals surface area contributed by atoms with Crippen molar-refractivity contribution >= 4 is 17.7 Å². The summed E-state index contributed by atoms with van der Waals surface area (Å²) in [6.07, 6.45) is 3.14. The van der Waals surface area contributed by atoms with Gasteiger partial charge in [0, 0.05) is 31.3 Å². The molecule has 1 aliphatic heterocycles. The Balaban J connectivity index is 2.13. The van der Waals surface area contributed by atoms with Crippen LogP contribution >= 0.6 is 11.8 Å². The lowest BCUT2D eigenvalue weighted by atomic mass is 10.1. The van der Waals surface area contributed by atoms with Gasteiger partial charge in [0.2, 0.25) is 5.91 Å². The molecule has 2 atom stereocenters. The quantitative estimate of drug-likeness (QED) is 0.736. The molecule has 1 fully saturated rings. The molecule has 0 bridgehead atoms. The number of carbonyl (C=O) groups is 1. The number of hydrogen-bond donors (Lipinski definition) is 2. The molecule has 0 saturated carbocycles. The van der Waals surface area contributed by atoms with E-state index in [4.69, 9.17) is 0 Å². The fraction of sp³-hybridized carbons (Fsp3) is 0.900. The van der Waals surface area contributed by atoms with Gasteiger partial charge in [-0.3, -0.25) is 4.79 Å². The summed E-state index contributed by atoms with van der Waals surface area (Å²) in [5.41, 5.74) is 0. The fourth-order valence-corrected chi connectivity index (χ4v) is 2.86. The molecule has 82 valence electrons. The van der Waals surface area contributed by atoms with Crippen molar-refractivity contribution < 1.29 is 4.79 Å². The van der Waals surface area contributed by atoms with Gasteiger partial charge in [0.1, 0.15) is 0 Å². The van der Waals surface area contributed by atoms with Crippen LogP contribution in [0.4, 0.5) is 0 Å². The van der Waals surface area contributed by atoms with Crippen LogP contribution in [0.2, 0.25) is 0 Å². The minimum Gasteiger partial charge on any atom is -0.359 e. The van der Waals surface area contributed by atoms with E-state index in [1.54, 1.807) is 7.05 Å². The summed E-state index contributed by atoms with van der Waals surface area (Å²) in [7, 11) is 1.68. The van der Waals surface area contributed by atoms with Crippen molar-refractivity contribution in [3.8, 4) is 0 Å². The van der Waals surface area contributed by atoms with E-state index < -0.39 is 0 Å². The second-order valence-electron chi connectivity index (χ2n) is 3.70. The van der Waals surface area contributed by atoms with Crippen LogP contribution < -0.4 is 10.6 Å². The van der Waals surface area contributed by atoms with E-state index in [9.17, 15) is 4.79 Å². The van der Waals surface area contributed by atoms with E-state index in [0.717, 1.165) is 6.54 Å². The van der Waals surface area contributed by atoms with Crippen molar-refractivity contribution in [3.05, 3.63) is 0 Å². The van der Waals surface area contributed by atoms with Gasteiger partial charge in [-0.05, 0) is 18.6 Å². The van der Waals surface area contributed by atoms with Gasteiger partial charge in [0.25, 0.3) is 0 Å². The first-order chi connectivity index (χ1) is 6.74. The molecule has 1 amide bonds. The minimum absolute atomic E-state index is 0.119. The number of thioether (sulfide) groups is 1. The minimum atomic E-state index is 0.119. The first-order valence-corrected chi connectivity index (χ1v) is 6.34. The van der Waals surface area contributed by atoms with Gasteiger partial charge in [-0.2, -0.15) is 11.8 Å². The third-order valence-corrected chi connectivity index (χ3v) is 4.02. The summed E-state index contributed by atoms with van der Waals surface area (Å²) in [6, 6.07) is 0.596. The molecule has 0 spiro atoms. The maximum absolute atomic E-state index is 11.0. The Kier molecular flexibility index (Phi) is 5.33. The summed E-state index contributed by atoms with van der Waals surface area (Å²) in [6.45, 7) is 3.07. The maximum atomic E-state index is 11.0. The number of hydrogen-bond acceptors (Lipinski definition) is 3. The SMILES string of the molecule is CNC(=O)CCNC1CCCSC1C. The van der Waals surface area contributed by atoms with Crippen LogP contribution in [0, 0.1) is 0 Å². The van der Waals surface area contributed by atoms with E-state index >= 15 is 0 Å². The van der Waals surface area contributed by atoms with E-state index in [1.807, 2.05) is 11.8 Å². The van der Waals surface area contributed by atoms with Crippen LogP contribution in [-0.2, 0) is 4.79 Å². The van der Waals surface area contributed by atoms with Crippen molar-refractivity contribution in [3.63, 3.8) is 0 Å². The highest BCUT2D eigenvalue weighted by molar-refractivity contribution is 7.99. The van der Waals surface area contributed by atoms with E-state index in [-0.39, 0.29) is 5.91 Å². The summed E-state index contributed by atoms with van der Waals surface area (Å²) in [5, 5.41) is 6.77. The van der Waals surface area contributed by atoms with Gasteiger partial charge >= 0.3 is 0 Å². The van der Waals surface area contributed by atoms with Crippen molar-refractivity contribution in [2.45, 2.75) is 37.5 Å². The Labute approximate surface area is 90.4 Å². The lowest BCUT2D eigenvalue weighted by Gasteiger charge is -2.29. The highest BCUT2D eigenvalue weighted by Gasteiger charge is 2.20. The highest BCUT2D eigenvalue weighted by atomic mass is 32.2. The largest absolute Gasteiger partial charge is 0.359 e. The van der Waals surface area contributed by atoms with Gasteiger partial charge in [0.05, 0.1) is 0 Å². The normalized spacial score (nSPS) is 27.3. The Hall–Kier alpha value is -0.220. The lowest BCUT2D eigenvalue weighted by Crippen LogP contribution is -2.40. The van der Waals surface area contributed by atoms with Crippen LogP contribution in [-0.4, -0.2) is 36.5 Å². The van der Waals surface area contributed by atoms with E-state index in [0.29, 0.717) is 17.7 Å². The second-order valence-corrected chi connectivity index (χ2v) is 5.19. The molecule has 0 radical (unpaired) electrons. The summed E-state index contributed by atoms with van der Waals surface area (Å²) in [4.78, 5) is 11.0. The molecule has 0 aromatic rings. The smallest absolute Gasteiger partial charge is 0.221 e. The van der Waals surface area contributed by atoms with Crippen LogP contribution in [0.25, 0.3) is 0 Å². The molecule has 1 rings (SSSR count). The molecule has 3 nitrogen and oxygen atoms in total. The van der Waals surface area contributed by atoms with Crippen molar-refractivity contribution in [2.75, 3.05) is 19.3 Å². The summed E-state index contributed by atoms with van der Waals surface area (Å²) >= 11 is 2.03. The Morgan fingerprint density at radius 3 is 3.00 bits per heavy atom. The average Bonchev–Trinajstić information content (AvgIpc) is 2.20. The zero-order chi connectivity index (χ0) is 10.4. The second kappa shape index (κ2) is 6.30. The number of nitrogens with one attached hydrogen (secondary N) is 2. The maximum Gasteiger partial charge on any atom is 0.221 e. The first-order valence-electron chi connectivity index (χ1n) is 5.29. The predicted octanol–water partition coefficient (Wildman–Crippen LogP) is 0.996. The molecule has 1 aliphatic rings. The molecule has 2 N–H and O–H groups in total. The molecule has 2 unspecified atom stereocenters. The monoisotopic (exact) mass is 216 g/mol. The Bertz CT molecular complexity index is 187.